The number of rotatable bonds is 5. The number of amides is 2. The number of aromatic nitrogens is 4. The van der Waals surface area contributed by atoms with Crippen LogP contribution in [-0.2, 0) is 9.53 Å². The van der Waals surface area contributed by atoms with Gasteiger partial charge in [0.2, 0.25) is 5.78 Å². The Kier molecular flexibility index (Phi) is 6.24. The van der Waals surface area contributed by atoms with E-state index in [4.69, 9.17) is 14.5 Å². The zero-order valence-corrected chi connectivity index (χ0v) is 21.2. The molecular weight excluding hydrogens is 472 g/mol. The molecular formula is C27H28N6O4. The Morgan fingerprint density at radius 2 is 1.97 bits per heavy atom. The molecule has 2 amide bonds. The molecule has 1 aromatic carbocycles. The van der Waals surface area contributed by atoms with E-state index in [1.165, 1.54) is 0 Å². The monoisotopic (exact) mass is 500 g/mol. The van der Waals surface area contributed by atoms with E-state index in [9.17, 15) is 9.59 Å². The van der Waals surface area contributed by atoms with Crippen molar-refractivity contribution in [2.24, 2.45) is 0 Å². The van der Waals surface area contributed by atoms with Gasteiger partial charge in [0.05, 0.1) is 17.1 Å². The molecule has 0 radical (unpaired) electrons. The van der Waals surface area contributed by atoms with E-state index in [1.54, 1.807) is 38.1 Å². The predicted molar refractivity (Wildman–Crippen MR) is 138 cm³/mol. The molecule has 190 valence electrons. The van der Waals surface area contributed by atoms with E-state index in [1.807, 2.05) is 53.9 Å². The van der Waals surface area contributed by atoms with E-state index in [0.29, 0.717) is 17.2 Å². The van der Waals surface area contributed by atoms with Gasteiger partial charge in [0.25, 0.3) is 5.91 Å². The molecule has 0 atom stereocenters. The number of imidazole rings is 1. The van der Waals surface area contributed by atoms with Crippen LogP contribution in [0.25, 0.3) is 28.3 Å². The largest absolute Gasteiger partial charge is 0.482 e. The number of alkyl carbamates (subject to hydrolysis) is 1. The van der Waals surface area contributed by atoms with E-state index < -0.39 is 11.7 Å². The molecule has 1 aliphatic heterocycles. The Balaban J connectivity index is 1.51. The molecule has 3 aromatic heterocycles. The average Bonchev–Trinajstić information content (AvgIpc) is 3.24. The third-order valence-corrected chi connectivity index (χ3v) is 5.75. The van der Waals surface area contributed by atoms with E-state index in [0.717, 1.165) is 28.2 Å². The van der Waals surface area contributed by atoms with E-state index in [2.05, 4.69) is 15.3 Å². The van der Waals surface area contributed by atoms with Crippen molar-refractivity contribution in [1.29, 1.82) is 0 Å². The van der Waals surface area contributed by atoms with Gasteiger partial charge in [-0.3, -0.25) is 14.2 Å². The molecule has 10 heteroatoms. The summed E-state index contributed by atoms with van der Waals surface area (Å²) >= 11 is 0. The van der Waals surface area contributed by atoms with Crippen molar-refractivity contribution in [1.82, 2.24) is 24.7 Å². The number of carbonyl (C=O) groups is 2. The lowest BCUT2D eigenvalue weighted by atomic mass is 10.0. The van der Waals surface area contributed by atoms with Crippen LogP contribution in [0.3, 0.4) is 0 Å². The number of hydrogen-bond acceptors (Lipinski definition) is 7. The minimum Gasteiger partial charge on any atom is -0.482 e. The number of nitrogens with one attached hydrogen (secondary N) is 1. The normalized spacial score (nSPS) is 13.3. The molecule has 0 bridgehead atoms. The molecule has 4 aromatic rings. The summed E-state index contributed by atoms with van der Waals surface area (Å²) in [4.78, 5) is 40.0. The first kappa shape index (κ1) is 24.2. The van der Waals surface area contributed by atoms with Gasteiger partial charge >= 0.3 is 6.09 Å². The number of aryl methyl sites for hydroxylation is 1. The molecule has 1 N–H and O–H groups in total. The van der Waals surface area contributed by atoms with Crippen molar-refractivity contribution >= 4 is 23.5 Å². The van der Waals surface area contributed by atoms with Crippen LogP contribution in [0.5, 0.6) is 5.75 Å². The summed E-state index contributed by atoms with van der Waals surface area (Å²) in [6, 6.07) is 11.4. The molecule has 0 spiro atoms. The Morgan fingerprint density at radius 1 is 1.14 bits per heavy atom. The summed E-state index contributed by atoms with van der Waals surface area (Å²) < 4.78 is 12.9. The van der Waals surface area contributed by atoms with Crippen molar-refractivity contribution in [3.05, 3.63) is 60.7 Å². The second-order valence-electron chi connectivity index (χ2n) is 9.73. The second kappa shape index (κ2) is 9.53. The zero-order valence-electron chi connectivity index (χ0n) is 21.2. The standard InChI is InChI=1S/C27H28N6O4/c1-17-14-18(8-10-28-17)23-24(33-12-5-9-29-25(33)31-23)19-6-7-21-20(15-19)32(22(34)16-36-21)13-11-30-26(35)37-27(2,3)4/h5-10,12,14-15H,11,13,16H2,1-4H3,(H,30,35). The Morgan fingerprint density at radius 3 is 2.76 bits per heavy atom. The van der Waals surface area contributed by atoms with Crippen LogP contribution < -0.4 is 15.0 Å². The van der Waals surface area contributed by atoms with E-state index >= 15 is 0 Å². The molecule has 10 nitrogen and oxygen atoms in total. The van der Waals surface area contributed by atoms with Crippen LogP contribution >= 0.6 is 0 Å². The number of ether oxygens (including phenoxy) is 2. The third-order valence-electron chi connectivity index (χ3n) is 5.75. The predicted octanol–water partition coefficient (Wildman–Crippen LogP) is 4.02. The molecule has 0 saturated heterocycles. The van der Waals surface area contributed by atoms with Gasteiger partial charge in [-0.15, -0.1) is 0 Å². The lowest BCUT2D eigenvalue weighted by Crippen LogP contribution is -2.44. The number of fused-ring (bicyclic) bond motifs is 2. The second-order valence-corrected chi connectivity index (χ2v) is 9.73. The van der Waals surface area contributed by atoms with Crippen LogP contribution in [0.4, 0.5) is 10.5 Å². The number of benzene rings is 1. The number of nitrogens with zero attached hydrogens (tertiary/aromatic N) is 5. The first-order valence-electron chi connectivity index (χ1n) is 12.0. The molecule has 0 saturated carbocycles. The van der Waals surface area contributed by atoms with Gasteiger partial charge in [0, 0.05) is 48.5 Å². The number of hydrogen-bond donors (Lipinski definition) is 1. The lowest BCUT2D eigenvalue weighted by Gasteiger charge is -2.30. The minimum absolute atomic E-state index is 0.0696. The fourth-order valence-electron chi connectivity index (χ4n) is 4.24. The van der Waals surface area contributed by atoms with Crippen molar-refractivity contribution in [3.8, 4) is 28.3 Å². The summed E-state index contributed by atoms with van der Waals surface area (Å²) in [6.45, 7) is 7.75. The van der Waals surface area contributed by atoms with Gasteiger partial charge < -0.3 is 19.7 Å². The maximum atomic E-state index is 12.8. The number of anilines is 1. The Labute approximate surface area is 214 Å². The van der Waals surface area contributed by atoms with Crippen LogP contribution in [-0.4, -0.2) is 56.7 Å². The van der Waals surface area contributed by atoms with Gasteiger partial charge in [0.1, 0.15) is 11.4 Å². The number of pyridine rings is 1. The highest BCUT2D eigenvalue weighted by Gasteiger charge is 2.27. The fraction of sp³-hybridized carbons (Fsp3) is 0.296. The molecule has 1 aliphatic rings. The smallest absolute Gasteiger partial charge is 0.407 e. The molecule has 0 fully saturated rings. The Bertz CT molecular complexity index is 1490. The Hall–Kier alpha value is -4.47. The third kappa shape index (κ3) is 5.09. The SMILES string of the molecule is Cc1cc(-c2nc3ncccn3c2-c2ccc3c(c2)N(CCNC(=O)OC(C)(C)C)C(=O)CO3)ccn1. The highest BCUT2D eigenvalue weighted by molar-refractivity contribution is 5.99. The van der Waals surface area contributed by atoms with Crippen molar-refractivity contribution in [2.75, 3.05) is 24.6 Å². The summed E-state index contributed by atoms with van der Waals surface area (Å²) in [5.41, 5.74) is 4.24. The lowest BCUT2D eigenvalue weighted by molar-refractivity contribution is -0.121. The quantitative estimate of drug-likeness (QED) is 0.441. The maximum absolute atomic E-state index is 12.8. The fourth-order valence-corrected chi connectivity index (χ4v) is 4.24. The molecule has 0 aliphatic carbocycles. The average molecular weight is 501 g/mol. The maximum Gasteiger partial charge on any atom is 0.407 e. The first-order valence-corrected chi connectivity index (χ1v) is 12.0. The van der Waals surface area contributed by atoms with Crippen molar-refractivity contribution < 1.29 is 19.1 Å². The first-order chi connectivity index (χ1) is 17.7. The van der Waals surface area contributed by atoms with E-state index in [-0.39, 0.29) is 25.6 Å². The van der Waals surface area contributed by atoms with Gasteiger partial charge in [-0.25, -0.2) is 14.8 Å². The van der Waals surface area contributed by atoms with Gasteiger partial charge in [0.15, 0.2) is 6.61 Å². The van der Waals surface area contributed by atoms with Crippen LogP contribution in [0.15, 0.2) is 55.0 Å². The van der Waals surface area contributed by atoms with Gasteiger partial charge in [-0.2, -0.15) is 0 Å². The van der Waals surface area contributed by atoms with Gasteiger partial charge in [-0.05, 0) is 64.1 Å². The highest BCUT2D eigenvalue weighted by atomic mass is 16.6. The summed E-state index contributed by atoms with van der Waals surface area (Å²) in [5, 5.41) is 2.72. The van der Waals surface area contributed by atoms with Crippen molar-refractivity contribution in [3.63, 3.8) is 0 Å². The summed E-state index contributed by atoms with van der Waals surface area (Å²) in [7, 11) is 0. The highest BCUT2D eigenvalue weighted by Crippen LogP contribution is 2.39. The summed E-state index contributed by atoms with van der Waals surface area (Å²) in [6.07, 6.45) is 4.83. The van der Waals surface area contributed by atoms with Crippen molar-refractivity contribution in [2.45, 2.75) is 33.3 Å². The summed E-state index contributed by atoms with van der Waals surface area (Å²) in [5.74, 6) is 0.958. The van der Waals surface area contributed by atoms with Crippen LogP contribution in [0, 0.1) is 6.92 Å². The molecule has 0 unspecified atom stereocenters. The minimum atomic E-state index is -0.603. The van der Waals surface area contributed by atoms with Crippen LogP contribution in [0.2, 0.25) is 0 Å². The van der Waals surface area contributed by atoms with Gasteiger partial charge in [-0.1, -0.05) is 0 Å². The molecule has 4 heterocycles. The topological polar surface area (TPSA) is 111 Å². The molecule has 5 rings (SSSR count). The zero-order chi connectivity index (χ0) is 26.2. The van der Waals surface area contributed by atoms with Crippen LogP contribution in [0.1, 0.15) is 26.5 Å². The number of carbonyl (C=O) groups excluding carboxylic acids is 2. The molecule has 37 heavy (non-hydrogen) atoms.